The van der Waals surface area contributed by atoms with Crippen LogP contribution in [0.2, 0.25) is 0 Å². The van der Waals surface area contributed by atoms with Crippen molar-refractivity contribution >= 4 is 14.8 Å². The lowest BCUT2D eigenvalue weighted by Gasteiger charge is -2.33. The molecule has 0 bridgehead atoms. The summed E-state index contributed by atoms with van der Waals surface area (Å²) in [6, 6.07) is 28.4. The van der Waals surface area contributed by atoms with Gasteiger partial charge in [0.25, 0.3) is 0 Å². The Hall–Kier alpha value is -3.09. The third kappa shape index (κ3) is 10.1. The number of carbonyl (C=O) groups is 1. The summed E-state index contributed by atoms with van der Waals surface area (Å²) in [6.45, 7) is 2.62. The van der Waals surface area contributed by atoms with Crippen LogP contribution in [0.4, 0.5) is 4.79 Å². The summed E-state index contributed by atoms with van der Waals surface area (Å²) in [5.41, 5.74) is 2.29. The molecule has 2 N–H and O–H groups in total. The maximum Gasteiger partial charge on any atom is 0.407 e. The number of ether oxygens (including phenoxy) is 2. The number of aliphatic hydroxyl groups excluding tert-OH is 1. The molecule has 0 radical (unpaired) electrons. The van der Waals surface area contributed by atoms with Crippen molar-refractivity contribution < 1.29 is 28.5 Å². The highest BCUT2D eigenvalue weighted by Crippen LogP contribution is 2.32. The van der Waals surface area contributed by atoms with E-state index >= 15 is 0 Å². The van der Waals surface area contributed by atoms with Crippen molar-refractivity contribution in [3.63, 3.8) is 0 Å². The Kier molecular flexibility index (Phi) is 11.7. The maximum atomic E-state index is 12.7. The van der Waals surface area contributed by atoms with Crippen LogP contribution in [0.1, 0.15) is 42.9 Å². The first kappa shape index (κ1) is 28.5. The Morgan fingerprint density at radius 1 is 0.892 bits per heavy atom. The van der Waals surface area contributed by atoms with Crippen LogP contribution in [-0.2, 0) is 37.2 Å². The minimum absolute atomic E-state index is 0.149. The van der Waals surface area contributed by atoms with Crippen molar-refractivity contribution in [2.45, 2.75) is 57.1 Å². The molecule has 3 aromatic carbocycles. The number of rotatable bonds is 15. The van der Waals surface area contributed by atoms with Crippen molar-refractivity contribution in [2.24, 2.45) is 0 Å². The number of nitrogens with one attached hydrogen (secondary N) is 1. The lowest BCUT2D eigenvalue weighted by molar-refractivity contribution is -0.113. The van der Waals surface area contributed by atoms with Crippen molar-refractivity contribution in [2.75, 3.05) is 6.61 Å². The van der Waals surface area contributed by atoms with Gasteiger partial charge in [-0.15, -0.1) is 0 Å². The van der Waals surface area contributed by atoms with E-state index in [-0.39, 0.29) is 25.9 Å². The number of aliphatic hydroxyl groups is 1. The van der Waals surface area contributed by atoms with E-state index in [9.17, 15) is 14.5 Å². The molecule has 0 saturated carbocycles. The highest BCUT2D eigenvalue weighted by Gasteiger charge is 2.32. The molecule has 0 aliphatic rings. The number of alkyl carbamates (subject to hydrolysis) is 1. The highest BCUT2D eigenvalue weighted by molar-refractivity contribution is 7.17. The van der Waals surface area contributed by atoms with Crippen LogP contribution < -0.4 is 5.32 Å². The first-order valence-electron chi connectivity index (χ1n) is 12.3. The number of carbonyl (C=O) groups excluding carboxylic acids is 1. The lowest BCUT2D eigenvalue weighted by atomic mass is 9.77. The topological polar surface area (TPSA) is 94.1 Å². The molecule has 196 valence electrons. The van der Waals surface area contributed by atoms with Crippen LogP contribution in [-0.4, -0.2) is 30.1 Å². The summed E-state index contributed by atoms with van der Waals surface area (Å²) in [5, 5.41) is 13.4. The van der Waals surface area contributed by atoms with Gasteiger partial charge in [-0.3, -0.25) is 4.52 Å². The van der Waals surface area contributed by atoms with E-state index in [2.05, 4.69) is 5.32 Å². The molecule has 3 rings (SSSR count). The third-order valence-electron chi connectivity index (χ3n) is 6.19. The zero-order chi connectivity index (χ0) is 26.3. The van der Waals surface area contributed by atoms with E-state index < -0.39 is 26.5 Å². The third-order valence-corrected chi connectivity index (χ3v) is 6.42. The second kappa shape index (κ2) is 15.2. The Bertz CT molecular complexity index is 1070. The van der Waals surface area contributed by atoms with Crippen molar-refractivity contribution in [3.05, 3.63) is 108 Å². The fraction of sp³-hybridized carbons (Fsp3) is 0.345. The minimum atomic E-state index is -0.996. The van der Waals surface area contributed by atoms with Gasteiger partial charge in [0, 0.05) is 17.9 Å². The van der Waals surface area contributed by atoms with Crippen molar-refractivity contribution in [1.29, 1.82) is 0 Å². The molecule has 0 heterocycles. The van der Waals surface area contributed by atoms with Crippen LogP contribution in [0.25, 0.3) is 0 Å². The fourth-order valence-electron chi connectivity index (χ4n) is 4.16. The SMILES string of the molecule is CC(COP=O)(CC(CCC(O)OCc1ccccc1)NC(=O)OCc1ccccc1)c1ccccc1. The van der Waals surface area contributed by atoms with Crippen LogP contribution in [0.5, 0.6) is 0 Å². The van der Waals surface area contributed by atoms with Gasteiger partial charge in [0.2, 0.25) is 0 Å². The normalized spacial score (nSPS) is 14.4. The molecule has 1 amide bonds. The molecule has 0 fully saturated rings. The van der Waals surface area contributed by atoms with Gasteiger partial charge in [-0.05, 0) is 29.5 Å². The summed E-state index contributed by atoms with van der Waals surface area (Å²) >= 11 is 0. The molecule has 3 atom stereocenters. The molecule has 3 aromatic rings. The zero-order valence-corrected chi connectivity index (χ0v) is 21.9. The Balaban J connectivity index is 1.66. The monoisotopic (exact) mass is 523 g/mol. The predicted octanol–water partition coefficient (Wildman–Crippen LogP) is 6.17. The maximum absolute atomic E-state index is 12.7. The van der Waals surface area contributed by atoms with E-state index in [1.807, 2.05) is 97.9 Å². The molecule has 0 aliphatic carbocycles. The molecule has 0 aliphatic heterocycles. The molecule has 0 aromatic heterocycles. The van der Waals surface area contributed by atoms with Gasteiger partial charge < -0.3 is 19.9 Å². The van der Waals surface area contributed by atoms with Crippen molar-refractivity contribution in [3.8, 4) is 0 Å². The Labute approximate surface area is 220 Å². The molecule has 3 unspecified atom stereocenters. The van der Waals surface area contributed by atoms with Gasteiger partial charge in [0.05, 0.1) is 13.2 Å². The fourth-order valence-corrected chi connectivity index (χ4v) is 4.50. The average molecular weight is 524 g/mol. The van der Waals surface area contributed by atoms with E-state index in [0.29, 0.717) is 19.3 Å². The number of hydrogen-bond donors (Lipinski definition) is 2. The lowest BCUT2D eigenvalue weighted by Crippen LogP contribution is -2.42. The minimum Gasteiger partial charge on any atom is -0.445 e. The molecule has 7 nitrogen and oxygen atoms in total. The molecular weight excluding hydrogens is 489 g/mol. The van der Waals surface area contributed by atoms with E-state index in [0.717, 1.165) is 16.7 Å². The number of amides is 1. The van der Waals surface area contributed by atoms with Gasteiger partial charge in [-0.1, -0.05) is 97.9 Å². The van der Waals surface area contributed by atoms with Crippen molar-refractivity contribution in [1.82, 2.24) is 5.32 Å². The Morgan fingerprint density at radius 3 is 2.05 bits per heavy atom. The summed E-state index contributed by atoms with van der Waals surface area (Å²) in [4.78, 5) is 12.7. The van der Waals surface area contributed by atoms with E-state index in [1.165, 1.54) is 0 Å². The number of benzene rings is 3. The molecular formula is C29H34NO6P. The first-order chi connectivity index (χ1) is 18.0. The zero-order valence-electron chi connectivity index (χ0n) is 21.0. The Morgan fingerprint density at radius 2 is 1.46 bits per heavy atom. The number of hydrogen-bond acceptors (Lipinski definition) is 6. The van der Waals surface area contributed by atoms with Gasteiger partial charge in [0.15, 0.2) is 6.29 Å². The summed E-state index contributed by atoms with van der Waals surface area (Å²) < 4.78 is 27.4. The van der Waals surface area contributed by atoms with Gasteiger partial charge in [-0.2, -0.15) is 0 Å². The smallest absolute Gasteiger partial charge is 0.407 e. The van der Waals surface area contributed by atoms with Gasteiger partial charge in [0.1, 0.15) is 6.61 Å². The van der Waals surface area contributed by atoms with Crippen LogP contribution in [0, 0.1) is 0 Å². The quantitative estimate of drug-likeness (QED) is 0.183. The van der Waals surface area contributed by atoms with Crippen LogP contribution >= 0.6 is 8.69 Å². The van der Waals surface area contributed by atoms with Gasteiger partial charge in [-0.25, -0.2) is 9.36 Å². The standard InChI is InChI=1S/C29H34NO6P/c1-29(22-36-37-33,25-15-9-4-10-16-25)19-26(30-28(32)35-21-24-13-7-3-8-14-24)17-18-27(31)34-20-23-11-5-2-6-12-23/h2-16,26-27,31H,17-22H2,1H3,(H,30,32). The summed E-state index contributed by atoms with van der Waals surface area (Å²) in [6.07, 6.45) is -0.329. The summed E-state index contributed by atoms with van der Waals surface area (Å²) in [5.74, 6) is 0. The van der Waals surface area contributed by atoms with E-state index in [4.69, 9.17) is 14.0 Å². The second-order valence-electron chi connectivity index (χ2n) is 9.21. The molecule has 0 spiro atoms. The molecule has 0 saturated heterocycles. The first-order valence-corrected chi connectivity index (χ1v) is 13.0. The largest absolute Gasteiger partial charge is 0.445 e. The predicted molar refractivity (Wildman–Crippen MR) is 142 cm³/mol. The highest BCUT2D eigenvalue weighted by atomic mass is 31.1. The van der Waals surface area contributed by atoms with Gasteiger partial charge >= 0.3 is 14.8 Å². The summed E-state index contributed by atoms with van der Waals surface area (Å²) in [7, 11) is -0.408. The molecule has 8 heteroatoms. The van der Waals surface area contributed by atoms with Crippen LogP contribution in [0.3, 0.4) is 0 Å². The molecule has 37 heavy (non-hydrogen) atoms. The second-order valence-corrected chi connectivity index (χ2v) is 9.62. The van der Waals surface area contributed by atoms with Crippen LogP contribution in [0.15, 0.2) is 91.0 Å². The van der Waals surface area contributed by atoms with E-state index in [1.54, 1.807) is 0 Å². The average Bonchev–Trinajstić information content (AvgIpc) is 2.94.